The topological polar surface area (TPSA) is 37.3 Å². The summed E-state index contributed by atoms with van der Waals surface area (Å²) in [6, 6.07) is 35.1. The highest BCUT2D eigenvalue weighted by molar-refractivity contribution is 5.99. The number of aliphatic hydroxyl groups excluding tert-OH is 1. The van der Waals surface area contributed by atoms with Crippen LogP contribution in [-0.2, 0) is 6.42 Å². The minimum atomic E-state index is -1.08. The molecular formula is C27H22O2. The van der Waals surface area contributed by atoms with Gasteiger partial charge in [0, 0.05) is 5.56 Å². The van der Waals surface area contributed by atoms with Gasteiger partial charge in [0.1, 0.15) is 6.10 Å². The third kappa shape index (κ3) is 4.18. The van der Waals surface area contributed by atoms with E-state index in [1.165, 1.54) is 22.3 Å². The minimum Gasteiger partial charge on any atom is -0.380 e. The Hall–Kier alpha value is -3.49. The van der Waals surface area contributed by atoms with E-state index in [1.807, 2.05) is 12.1 Å². The van der Waals surface area contributed by atoms with Crippen molar-refractivity contribution in [3.05, 3.63) is 131 Å². The number of fused-ring (bicyclic) bond motifs is 3. The highest BCUT2D eigenvalue weighted by Gasteiger charge is 2.18. The van der Waals surface area contributed by atoms with Crippen LogP contribution in [0.25, 0.3) is 11.1 Å². The molecule has 0 bridgehead atoms. The summed E-state index contributed by atoms with van der Waals surface area (Å²) in [5.41, 5.74) is 6.90. The zero-order valence-corrected chi connectivity index (χ0v) is 16.0. The Morgan fingerprint density at radius 2 is 1.07 bits per heavy atom. The van der Waals surface area contributed by atoms with Gasteiger partial charge in [0.2, 0.25) is 0 Å². The maximum Gasteiger partial charge on any atom is 0.195 e. The smallest absolute Gasteiger partial charge is 0.195 e. The van der Waals surface area contributed by atoms with Gasteiger partial charge in [-0.25, -0.2) is 0 Å². The van der Waals surface area contributed by atoms with Crippen LogP contribution in [0, 0.1) is 0 Å². The molecule has 1 aliphatic carbocycles. The molecule has 0 radical (unpaired) electrons. The normalized spacial score (nSPS) is 12.2. The van der Waals surface area contributed by atoms with Crippen LogP contribution in [0.2, 0.25) is 0 Å². The molecule has 0 amide bonds. The van der Waals surface area contributed by atoms with E-state index in [4.69, 9.17) is 0 Å². The molecule has 0 spiro atoms. The maximum absolute atomic E-state index is 11.9. The van der Waals surface area contributed by atoms with E-state index in [-0.39, 0.29) is 5.78 Å². The number of carbonyl (C=O) groups is 1. The van der Waals surface area contributed by atoms with Crippen molar-refractivity contribution in [2.45, 2.75) is 12.5 Å². The number of hydrogen-bond donors (Lipinski definition) is 1. The van der Waals surface area contributed by atoms with E-state index in [0.29, 0.717) is 11.1 Å². The molecule has 142 valence electrons. The number of benzene rings is 4. The Kier molecular flexibility index (Phi) is 5.64. The standard InChI is InChI=1S/C14H12O2.C13H10/c15-13(11-7-3-1-4-8-11)14(16)12-9-5-2-6-10-12;1-3-7-12-10(5-1)9-11-6-2-4-8-13(11)12/h1-10,13,15H;1-8H,9H2. The zero-order chi connectivity index (χ0) is 20.1. The van der Waals surface area contributed by atoms with Gasteiger partial charge in [0.15, 0.2) is 5.78 Å². The number of carbonyl (C=O) groups excluding carboxylic acids is 1. The highest BCUT2D eigenvalue weighted by Crippen LogP contribution is 2.35. The summed E-state index contributed by atoms with van der Waals surface area (Å²) in [5, 5.41) is 9.89. The fourth-order valence-electron chi connectivity index (χ4n) is 3.63. The first kappa shape index (κ1) is 18.9. The average molecular weight is 378 g/mol. The van der Waals surface area contributed by atoms with Crippen molar-refractivity contribution in [1.82, 2.24) is 0 Å². The lowest BCUT2D eigenvalue weighted by molar-refractivity contribution is 0.0747. The lowest BCUT2D eigenvalue weighted by Crippen LogP contribution is -2.11. The lowest BCUT2D eigenvalue weighted by atomic mass is 10.0. The van der Waals surface area contributed by atoms with Crippen LogP contribution in [0.4, 0.5) is 0 Å². The van der Waals surface area contributed by atoms with Crippen molar-refractivity contribution in [3.8, 4) is 11.1 Å². The van der Waals surface area contributed by atoms with Crippen molar-refractivity contribution in [2.24, 2.45) is 0 Å². The third-order valence-corrected chi connectivity index (χ3v) is 5.13. The Balaban J connectivity index is 0.000000144. The second kappa shape index (κ2) is 8.68. The van der Waals surface area contributed by atoms with Crippen LogP contribution in [0.5, 0.6) is 0 Å². The lowest BCUT2D eigenvalue weighted by Gasteiger charge is -2.09. The van der Waals surface area contributed by atoms with Crippen LogP contribution < -0.4 is 0 Å². The van der Waals surface area contributed by atoms with E-state index in [0.717, 1.165) is 6.42 Å². The van der Waals surface area contributed by atoms with E-state index in [9.17, 15) is 9.90 Å². The predicted molar refractivity (Wildman–Crippen MR) is 117 cm³/mol. The summed E-state index contributed by atoms with van der Waals surface area (Å²) in [6.07, 6.45) is 0.0235. The molecule has 2 heteroatoms. The van der Waals surface area contributed by atoms with E-state index >= 15 is 0 Å². The van der Waals surface area contributed by atoms with Gasteiger partial charge in [-0.15, -0.1) is 0 Å². The molecule has 29 heavy (non-hydrogen) atoms. The molecule has 0 saturated carbocycles. The molecule has 4 aromatic carbocycles. The van der Waals surface area contributed by atoms with Crippen molar-refractivity contribution < 1.29 is 9.90 Å². The molecule has 5 rings (SSSR count). The average Bonchev–Trinajstić information content (AvgIpc) is 3.18. The molecule has 1 N–H and O–H groups in total. The van der Waals surface area contributed by atoms with Gasteiger partial charge in [-0.05, 0) is 34.2 Å². The number of Topliss-reactive ketones (excluding diaryl/α,β-unsaturated/α-hetero) is 1. The number of rotatable bonds is 3. The SMILES string of the molecule is O=C(c1ccccc1)C(O)c1ccccc1.c1ccc2c(c1)Cc1ccccc1-2. The molecule has 0 aromatic heterocycles. The molecule has 1 atom stereocenters. The summed E-state index contributed by atoms with van der Waals surface area (Å²) >= 11 is 0. The van der Waals surface area contributed by atoms with Gasteiger partial charge in [-0.3, -0.25) is 4.79 Å². The molecule has 0 heterocycles. The number of hydrogen-bond acceptors (Lipinski definition) is 2. The molecule has 0 saturated heterocycles. The van der Waals surface area contributed by atoms with Gasteiger partial charge in [0.05, 0.1) is 0 Å². The Bertz CT molecular complexity index is 1060. The first-order valence-corrected chi connectivity index (χ1v) is 9.72. The summed E-state index contributed by atoms with van der Waals surface area (Å²) in [6.45, 7) is 0. The van der Waals surface area contributed by atoms with E-state index < -0.39 is 6.10 Å². The molecular weight excluding hydrogens is 356 g/mol. The van der Waals surface area contributed by atoms with Gasteiger partial charge in [-0.2, -0.15) is 0 Å². The summed E-state index contributed by atoms with van der Waals surface area (Å²) in [5.74, 6) is -0.271. The summed E-state index contributed by atoms with van der Waals surface area (Å²) < 4.78 is 0. The van der Waals surface area contributed by atoms with Gasteiger partial charge >= 0.3 is 0 Å². The first-order chi connectivity index (χ1) is 14.2. The maximum atomic E-state index is 11.9. The largest absolute Gasteiger partial charge is 0.380 e. The van der Waals surface area contributed by atoms with Crippen molar-refractivity contribution in [1.29, 1.82) is 0 Å². The predicted octanol–water partition coefficient (Wildman–Crippen LogP) is 5.86. The Morgan fingerprint density at radius 1 is 0.621 bits per heavy atom. The second-order valence-electron chi connectivity index (χ2n) is 7.03. The molecule has 0 aliphatic heterocycles. The molecule has 0 fully saturated rings. The Labute approximate surface area is 171 Å². The van der Waals surface area contributed by atoms with Crippen LogP contribution in [-0.4, -0.2) is 10.9 Å². The first-order valence-electron chi connectivity index (χ1n) is 9.72. The molecule has 1 unspecified atom stereocenters. The fraction of sp³-hybridized carbons (Fsp3) is 0.0741. The van der Waals surface area contributed by atoms with Gasteiger partial charge in [0.25, 0.3) is 0 Å². The number of aliphatic hydroxyl groups is 1. The molecule has 2 nitrogen and oxygen atoms in total. The zero-order valence-electron chi connectivity index (χ0n) is 16.0. The van der Waals surface area contributed by atoms with E-state index in [1.54, 1.807) is 48.5 Å². The highest BCUT2D eigenvalue weighted by atomic mass is 16.3. The second-order valence-corrected chi connectivity index (χ2v) is 7.03. The monoisotopic (exact) mass is 378 g/mol. The Morgan fingerprint density at radius 3 is 1.62 bits per heavy atom. The van der Waals surface area contributed by atoms with Gasteiger partial charge < -0.3 is 5.11 Å². The summed E-state index contributed by atoms with van der Waals surface area (Å²) in [4.78, 5) is 11.9. The van der Waals surface area contributed by atoms with Crippen LogP contribution in [0.1, 0.15) is 33.2 Å². The van der Waals surface area contributed by atoms with Crippen molar-refractivity contribution in [2.75, 3.05) is 0 Å². The quantitative estimate of drug-likeness (QED) is 0.399. The van der Waals surface area contributed by atoms with Crippen LogP contribution in [0.3, 0.4) is 0 Å². The summed E-state index contributed by atoms with van der Waals surface area (Å²) in [7, 11) is 0. The number of ketones is 1. The van der Waals surface area contributed by atoms with Crippen molar-refractivity contribution in [3.63, 3.8) is 0 Å². The van der Waals surface area contributed by atoms with Crippen LogP contribution in [0.15, 0.2) is 109 Å². The van der Waals surface area contributed by atoms with Gasteiger partial charge in [-0.1, -0.05) is 109 Å². The molecule has 4 aromatic rings. The van der Waals surface area contributed by atoms with Crippen LogP contribution >= 0.6 is 0 Å². The van der Waals surface area contributed by atoms with E-state index in [2.05, 4.69) is 48.5 Å². The molecule has 1 aliphatic rings. The fourth-order valence-corrected chi connectivity index (χ4v) is 3.63. The minimum absolute atomic E-state index is 0.271. The third-order valence-electron chi connectivity index (χ3n) is 5.13. The van der Waals surface area contributed by atoms with Crippen molar-refractivity contribution >= 4 is 5.78 Å².